The second-order valence-electron chi connectivity index (χ2n) is 6.34. The molecule has 2 rings (SSSR count). The first-order valence-corrected chi connectivity index (χ1v) is 9.08. The highest BCUT2D eigenvalue weighted by molar-refractivity contribution is 5.77. The molecule has 0 radical (unpaired) electrons. The number of carbonyl (C=O) groups excluding carboxylic acids is 1. The third-order valence-electron chi connectivity index (χ3n) is 4.71. The standard InChI is InChI=1S/C19H31N3O2/c1-4-21(5-2)19(23)15-24-18-8-6-17(7-9-18)14-16(3)22-12-10-20-11-13-22/h6-9,16,20H,4-5,10-15H2,1-3H3. The van der Waals surface area contributed by atoms with Crippen LogP contribution in [0, 0.1) is 0 Å². The van der Waals surface area contributed by atoms with Crippen molar-refractivity contribution in [2.75, 3.05) is 45.9 Å². The van der Waals surface area contributed by atoms with Crippen molar-refractivity contribution in [1.29, 1.82) is 0 Å². The number of nitrogens with zero attached hydrogens (tertiary/aromatic N) is 2. The summed E-state index contributed by atoms with van der Waals surface area (Å²) in [6, 6.07) is 8.69. The molecule has 0 bridgehead atoms. The molecule has 5 nitrogen and oxygen atoms in total. The van der Waals surface area contributed by atoms with Gasteiger partial charge in [0.2, 0.25) is 0 Å². The maximum absolute atomic E-state index is 12.0. The molecule has 1 N–H and O–H groups in total. The number of amides is 1. The first-order valence-electron chi connectivity index (χ1n) is 9.08. The normalized spacial score (nSPS) is 16.6. The predicted octanol–water partition coefficient (Wildman–Crippen LogP) is 1.77. The van der Waals surface area contributed by atoms with Crippen LogP contribution in [0.2, 0.25) is 0 Å². The Balaban J connectivity index is 1.80. The van der Waals surface area contributed by atoms with E-state index in [1.54, 1.807) is 4.90 Å². The van der Waals surface area contributed by atoms with Crippen LogP contribution in [0.3, 0.4) is 0 Å². The van der Waals surface area contributed by atoms with E-state index in [0.717, 1.165) is 51.4 Å². The van der Waals surface area contributed by atoms with Crippen molar-refractivity contribution in [3.8, 4) is 5.75 Å². The van der Waals surface area contributed by atoms with Crippen molar-refractivity contribution in [3.63, 3.8) is 0 Å². The minimum atomic E-state index is 0.0383. The average molecular weight is 333 g/mol. The van der Waals surface area contributed by atoms with E-state index in [9.17, 15) is 4.79 Å². The van der Waals surface area contributed by atoms with Crippen molar-refractivity contribution in [2.45, 2.75) is 33.2 Å². The molecule has 134 valence electrons. The molecule has 1 atom stereocenters. The highest BCUT2D eigenvalue weighted by Gasteiger charge is 2.16. The molecule has 1 fully saturated rings. The van der Waals surface area contributed by atoms with E-state index < -0.39 is 0 Å². The van der Waals surface area contributed by atoms with E-state index in [1.165, 1.54) is 5.56 Å². The Bertz CT molecular complexity index is 494. The van der Waals surface area contributed by atoms with Crippen LogP contribution in [-0.2, 0) is 11.2 Å². The average Bonchev–Trinajstić information content (AvgIpc) is 2.63. The second kappa shape index (κ2) is 9.64. The lowest BCUT2D eigenvalue weighted by Gasteiger charge is -2.32. The van der Waals surface area contributed by atoms with E-state index in [1.807, 2.05) is 26.0 Å². The maximum atomic E-state index is 12.0. The zero-order valence-electron chi connectivity index (χ0n) is 15.3. The monoisotopic (exact) mass is 333 g/mol. The van der Waals surface area contributed by atoms with Crippen molar-refractivity contribution in [1.82, 2.24) is 15.1 Å². The van der Waals surface area contributed by atoms with Crippen LogP contribution < -0.4 is 10.1 Å². The van der Waals surface area contributed by atoms with Gasteiger partial charge in [-0.25, -0.2) is 0 Å². The van der Waals surface area contributed by atoms with E-state index >= 15 is 0 Å². The quantitative estimate of drug-likeness (QED) is 0.787. The Morgan fingerprint density at radius 3 is 2.42 bits per heavy atom. The zero-order valence-corrected chi connectivity index (χ0v) is 15.3. The van der Waals surface area contributed by atoms with Crippen molar-refractivity contribution >= 4 is 5.91 Å². The minimum absolute atomic E-state index is 0.0383. The first kappa shape index (κ1) is 18.7. The highest BCUT2D eigenvalue weighted by Crippen LogP contribution is 2.15. The molecule has 0 saturated carbocycles. The number of nitrogens with one attached hydrogen (secondary N) is 1. The topological polar surface area (TPSA) is 44.8 Å². The molecule has 1 heterocycles. The van der Waals surface area contributed by atoms with Gasteiger partial charge in [0.05, 0.1) is 0 Å². The Labute approximate surface area is 146 Å². The van der Waals surface area contributed by atoms with Gasteiger partial charge in [-0.15, -0.1) is 0 Å². The van der Waals surface area contributed by atoms with Crippen LogP contribution in [0.15, 0.2) is 24.3 Å². The molecule has 1 amide bonds. The van der Waals surface area contributed by atoms with Gasteiger partial charge in [-0.2, -0.15) is 0 Å². The number of benzene rings is 1. The number of rotatable bonds is 8. The summed E-state index contributed by atoms with van der Waals surface area (Å²) in [6.07, 6.45) is 1.04. The predicted molar refractivity (Wildman–Crippen MR) is 97.5 cm³/mol. The van der Waals surface area contributed by atoms with Crippen LogP contribution >= 0.6 is 0 Å². The summed E-state index contributed by atoms with van der Waals surface area (Å²) in [7, 11) is 0. The van der Waals surface area contributed by atoms with Crippen molar-refractivity contribution in [2.24, 2.45) is 0 Å². The lowest BCUT2D eigenvalue weighted by molar-refractivity contribution is -0.132. The summed E-state index contributed by atoms with van der Waals surface area (Å²) in [5.74, 6) is 0.797. The number of likely N-dealkylation sites (N-methyl/N-ethyl adjacent to an activating group) is 1. The van der Waals surface area contributed by atoms with E-state index in [-0.39, 0.29) is 12.5 Å². The number of hydrogen-bond acceptors (Lipinski definition) is 4. The van der Waals surface area contributed by atoms with Crippen LogP contribution in [0.5, 0.6) is 5.75 Å². The molecule has 5 heteroatoms. The Morgan fingerprint density at radius 1 is 1.21 bits per heavy atom. The molecule has 0 spiro atoms. The summed E-state index contributed by atoms with van der Waals surface area (Å²) in [5, 5.41) is 3.39. The van der Waals surface area contributed by atoms with Gasteiger partial charge in [0, 0.05) is 45.3 Å². The largest absolute Gasteiger partial charge is 0.484 e. The summed E-state index contributed by atoms with van der Waals surface area (Å²) in [5.41, 5.74) is 1.31. The summed E-state index contributed by atoms with van der Waals surface area (Å²) in [6.45, 7) is 12.2. The molecule has 1 aliphatic rings. The molecule has 1 aliphatic heterocycles. The summed E-state index contributed by atoms with van der Waals surface area (Å²) >= 11 is 0. The maximum Gasteiger partial charge on any atom is 0.260 e. The fourth-order valence-electron chi connectivity index (χ4n) is 3.13. The number of hydrogen-bond donors (Lipinski definition) is 1. The lowest BCUT2D eigenvalue weighted by Crippen LogP contribution is -2.48. The highest BCUT2D eigenvalue weighted by atomic mass is 16.5. The van der Waals surface area contributed by atoms with Crippen molar-refractivity contribution in [3.05, 3.63) is 29.8 Å². The molecule has 24 heavy (non-hydrogen) atoms. The van der Waals surface area contributed by atoms with Crippen LogP contribution in [0.1, 0.15) is 26.3 Å². The van der Waals surface area contributed by atoms with Gasteiger partial charge in [0.15, 0.2) is 6.61 Å². The van der Waals surface area contributed by atoms with Crippen LogP contribution in [0.25, 0.3) is 0 Å². The van der Waals surface area contributed by atoms with Gasteiger partial charge >= 0.3 is 0 Å². The molecular weight excluding hydrogens is 302 g/mol. The van der Waals surface area contributed by atoms with Gasteiger partial charge in [0.25, 0.3) is 5.91 Å². The van der Waals surface area contributed by atoms with Crippen LogP contribution in [0.4, 0.5) is 0 Å². The second-order valence-corrected chi connectivity index (χ2v) is 6.34. The van der Waals surface area contributed by atoms with Gasteiger partial charge in [-0.1, -0.05) is 12.1 Å². The molecule has 0 aromatic heterocycles. The molecule has 0 aliphatic carbocycles. The fourth-order valence-corrected chi connectivity index (χ4v) is 3.13. The van der Waals surface area contributed by atoms with Crippen LogP contribution in [-0.4, -0.2) is 67.6 Å². The van der Waals surface area contributed by atoms with Gasteiger partial charge in [-0.05, 0) is 44.9 Å². The zero-order chi connectivity index (χ0) is 17.4. The summed E-state index contributed by atoms with van der Waals surface area (Å²) in [4.78, 5) is 16.3. The third-order valence-corrected chi connectivity index (χ3v) is 4.71. The first-order chi connectivity index (χ1) is 11.6. The number of piperazine rings is 1. The smallest absolute Gasteiger partial charge is 0.260 e. The van der Waals surface area contributed by atoms with Gasteiger partial charge in [-0.3, -0.25) is 9.69 Å². The van der Waals surface area contributed by atoms with Gasteiger partial charge < -0.3 is 15.0 Å². The Hall–Kier alpha value is -1.59. The number of carbonyl (C=O) groups is 1. The molecule has 1 aromatic carbocycles. The lowest BCUT2D eigenvalue weighted by atomic mass is 10.1. The van der Waals surface area contributed by atoms with E-state index in [4.69, 9.17) is 4.74 Å². The molecule has 1 unspecified atom stereocenters. The fraction of sp³-hybridized carbons (Fsp3) is 0.632. The minimum Gasteiger partial charge on any atom is -0.484 e. The SMILES string of the molecule is CCN(CC)C(=O)COc1ccc(CC(C)N2CCNCC2)cc1. The van der Waals surface area contributed by atoms with E-state index in [2.05, 4.69) is 29.3 Å². The molecule has 1 saturated heterocycles. The Morgan fingerprint density at radius 2 is 1.83 bits per heavy atom. The van der Waals surface area contributed by atoms with E-state index in [0.29, 0.717) is 6.04 Å². The summed E-state index contributed by atoms with van der Waals surface area (Å²) < 4.78 is 5.62. The number of ether oxygens (including phenoxy) is 1. The molecular formula is C19H31N3O2. The third kappa shape index (κ3) is 5.49. The Kier molecular flexibility index (Phi) is 7.53. The van der Waals surface area contributed by atoms with Gasteiger partial charge in [0.1, 0.15) is 5.75 Å². The molecule has 1 aromatic rings. The van der Waals surface area contributed by atoms with Crippen molar-refractivity contribution < 1.29 is 9.53 Å².